The Morgan fingerprint density at radius 2 is 0.964 bits per heavy atom. The molecule has 0 saturated heterocycles. The molecular formula is C26H20N2. The Morgan fingerprint density at radius 1 is 0.607 bits per heavy atom. The maximum absolute atomic E-state index is 9.60. The first-order valence-corrected chi connectivity index (χ1v) is 9.08. The number of nitriles is 2. The summed E-state index contributed by atoms with van der Waals surface area (Å²) >= 11 is 0. The van der Waals surface area contributed by atoms with E-state index in [4.69, 9.17) is 0 Å². The van der Waals surface area contributed by atoms with E-state index < -0.39 is 0 Å². The van der Waals surface area contributed by atoms with Crippen molar-refractivity contribution in [2.45, 2.75) is 13.8 Å². The molecule has 3 aromatic carbocycles. The lowest BCUT2D eigenvalue weighted by atomic mass is 9.97. The fraction of sp³-hybridized carbons (Fsp3) is 0.0769. The van der Waals surface area contributed by atoms with Gasteiger partial charge in [0.1, 0.15) is 0 Å². The van der Waals surface area contributed by atoms with Crippen LogP contribution in [0.15, 0.2) is 72.8 Å². The van der Waals surface area contributed by atoms with Crippen LogP contribution in [0.4, 0.5) is 0 Å². The van der Waals surface area contributed by atoms with E-state index in [9.17, 15) is 10.5 Å². The minimum absolute atomic E-state index is 0.599. The highest BCUT2D eigenvalue weighted by atomic mass is 14.3. The molecule has 0 unspecified atom stereocenters. The normalized spacial score (nSPS) is 11.6. The molecule has 0 heterocycles. The van der Waals surface area contributed by atoms with Gasteiger partial charge < -0.3 is 0 Å². The molecular weight excluding hydrogens is 340 g/mol. The zero-order valence-corrected chi connectivity index (χ0v) is 16.0. The third-order valence-corrected chi connectivity index (χ3v) is 4.72. The molecule has 0 spiro atoms. The molecule has 3 rings (SSSR count). The summed E-state index contributed by atoms with van der Waals surface area (Å²) in [5.41, 5.74) is 7.18. The zero-order valence-electron chi connectivity index (χ0n) is 16.0. The first kappa shape index (κ1) is 18.9. The first-order chi connectivity index (χ1) is 13.6. The number of rotatable bonds is 4. The van der Waals surface area contributed by atoms with Gasteiger partial charge >= 0.3 is 0 Å². The van der Waals surface area contributed by atoms with Crippen molar-refractivity contribution in [3.8, 4) is 12.1 Å². The van der Waals surface area contributed by atoms with Crippen LogP contribution in [0, 0.1) is 36.5 Å². The second-order valence-electron chi connectivity index (χ2n) is 6.63. The Hall–Kier alpha value is -3.88. The van der Waals surface area contributed by atoms with Crippen molar-refractivity contribution in [1.82, 2.24) is 0 Å². The average Bonchev–Trinajstić information content (AvgIpc) is 2.73. The Morgan fingerprint density at radius 3 is 1.29 bits per heavy atom. The topological polar surface area (TPSA) is 47.6 Å². The molecule has 2 heteroatoms. The molecule has 0 aliphatic carbocycles. The molecule has 2 nitrogen and oxygen atoms in total. The average molecular weight is 360 g/mol. The van der Waals surface area contributed by atoms with Gasteiger partial charge in [-0.1, -0.05) is 72.8 Å². The Kier molecular flexibility index (Phi) is 5.85. The summed E-state index contributed by atoms with van der Waals surface area (Å²) in [5.74, 6) is 0. The molecule has 0 saturated carbocycles. The molecule has 0 amide bonds. The van der Waals surface area contributed by atoms with Crippen molar-refractivity contribution in [3.63, 3.8) is 0 Å². The molecule has 0 aliphatic rings. The van der Waals surface area contributed by atoms with Crippen molar-refractivity contribution in [1.29, 1.82) is 10.5 Å². The number of aryl methyl sites for hydroxylation is 2. The van der Waals surface area contributed by atoms with E-state index in [2.05, 4.69) is 12.1 Å². The number of nitrogens with zero attached hydrogens (tertiary/aromatic N) is 2. The highest BCUT2D eigenvalue weighted by molar-refractivity contribution is 5.93. The summed E-state index contributed by atoms with van der Waals surface area (Å²) in [6.07, 6.45) is 3.80. The molecule has 0 aliphatic heterocycles. The third kappa shape index (κ3) is 4.26. The van der Waals surface area contributed by atoms with Gasteiger partial charge in [0.25, 0.3) is 0 Å². The van der Waals surface area contributed by atoms with Gasteiger partial charge in [-0.3, -0.25) is 0 Å². The molecule has 0 radical (unpaired) electrons. The molecule has 3 aromatic rings. The quantitative estimate of drug-likeness (QED) is 0.397. The minimum atomic E-state index is 0.599. The summed E-state index contributed by atoms with van der Waals surface area (Å²) in [6, 6.07) is 28.1. The minimum Gasteiger partial charge on any atom is -0.192 e. The van der Waals surface area contributed by atoms with E-state index in [0.717, 1.165) is 33.4 Å². The second-order valence-corrected chi connectivity index (χ2v) is 6.63. The number of benzene rings is 3. The maximum atomic E-state index is 9.60. The summed E-state index contributed by atoms with van der Waals surface area (Å²) in [4.78, 5) is 0. The predicted molar refractivity (Wildman–Crippen MR) is 116 cm³/mol. The lowest BCUT2D eigenvalue weighted by molar-refractivity contribution is 1.44. The molecule has 0 N–H and O–H groups in total. The molecule has 134 valence electrons. The largest absolute Gasteiger partial charge is 0.192 e. The van der Waals surface area contributed by atoms with E-state index >= 15 is 0 Å². The third-order valence-electron chi connectivity index (χ3n) is 4.72. The zero-order chi connectivity index (χ0) is 19.9. The van der Waals surface area contributed by atoms with Crippen LogP contribution in [0.5, 0.6) is 0 Å². The van der Waals surface area contributed by atoms with Crippen LogP contribution < -0.4 is 0 Å². The molecule has 0 aromatic heterocycles. The second kappa shape index (κ2) is 8.67. The predicted octanol–water partition coefficient (Wildman–Crippen LogP) is 6.43. The van der Waals surface area contributed by atoms with Gasteiger partial charge in [-0.2, -0.15) is 10.5 Å². The van der Waals surface area contributed by atoms with Gasteiger partial charge in [0.2, 0.25) is 0 Å². The van der Waals surface area contributed by atoms with Crippen LogP contribution in [0.25, 0.3) is 23.3 Å². The number of allylic oxidation sites excluding steroid dienone is 2. The molecule has 0 atom stereocenters. The molecule has 0 fully saturated rings. The lowest BCUT2D eigenvalue weighted by Gasteiger charge is -2.05. The standard InChI is InChI=1S/C26H20N2/c1-19-7-3-5-9-23(19)15-25(17-27)21-11-13-22(14-12-21)26(18-28)16-24-10-6-4-8-20(24)2/h3-16H,1-2H3. The van der Waals surface area contributed by atoms with Crippen LogP contribution in [0.3, 0.4) is 0 Å². The Labute approximate surface area is 166 Å². The monoisotopic (exact) mass is 360 g/mol. The Balaban J connectivity index is 1.94. The van der Waals surface area contributed by atoms with Crippen molar-refractivity contribution < 1.29 is 0 Å². The summed E-state index contributed by atoms with van der Waals surface area (Å²) in [6.45, 7) is 4.05. The SMILES string of the molecule is Cc1ccccc1C=C(C#N)c1ccc(C(C#N)=Cc2ccccc2C)cc1. The van der Waals surface area contributed by atoms with E-state index in [1.165, 1.54) is 0 Å². The van der Waals surface area contributed by atoms with Crippen LogP contribution >= 0.6 is 0 Å². The van der Waals surface area contributed by atoms with Crippen molar-refractivity contribution >= 4 is 23.3 Å². The van der Waals surface area contributed by atoms with Gasteiger partial charge in [-0.25, -0.2) is 0 Å². The van der Waals surface area contributed by atoms with Gasteiger partial charge in [0.05, 0.1) is 23.3 Å². The van der Waals surface area contributed by atoms with Gasteiger partial charge in [-0.15, -0.1) is 0 Å². The summed E-state index contributed by atoms with van der Waals surface area (Å²) in [7, 11) is 0. The fourth-order valence-electron chi connectivity index (χ4n) is 3.00. The summed E-state index contributed by atoms with van der Waals surface area (Å²) in [5, 5.41) is 19.2. The highest BCUT2D eigenvalue weighted by Crippen LogP contribution is 2.24. The van der Waals surface area contributed by atoms with Crippen molar-refractivity contribution in [2.24, 2.45) is 0 Å². The summed E-state index contributed by atoms with van der Waals surface area (Å²) < 4.78 is 0. The highest BCUT2D eigenvalue weighted by Gasteiger charge is 2.06. The molecule has 0 bridgehead atoms. The van der Waals surface area contributed by atoms with E-state index in [0.29, 0.717) is 11.1 Å². The van der Waals surface area contributed by atoms with Gasteiger partial charge in [-0.05, 0) is 59.4 Å². The number of hydrogen-bond donors (Lipinski definition) is 0. The van der Waals surface area contributed by atoms with Crippen LogP contribution in [-0.4, -0.2) is 0 Å². The van der Waals surface area contributed by atoms with Crippen molar-refractivity contribution in [3.05, 3.63) is 106 Å². The lowest BCUT2D eigenvalue weighted by Crippen LogP contribution is -1.88. The number of hydrogen-bond acceptors (Lipinski definition) is 2. The van der Waals surface area contributed by atoms with Crippen molar-refractivity contribution in [2.75, 3.05) is 0 Å². The van der Waals surface area contributed by atoms with Crippen LogP contribution in [0.2, 0.25) is 0 Å². The van der Waals surface area contributed by atoms with Gasteiger partial charge in [0.15, 0.2) is 0 Å². The fourth-order valence-corrected chi connectivity index (χ4v) is 3.00. The first-order valence-electron chi connectivity index (χ1n) is 9.08. The Bertz CT molecular complexity index is 1040. The van der Waals surface area contributed by atoms with Gasteiger partial charge in [0, 0.05) is 0 Å². The molecule has 28 heavy (non-hydrogen) atoms. The smallest absolute Gasteiger partial charge is 0.0998 e. The van der Waals surface area contributed by atoms with Crippen LogP contribution in [0.1, 0.15) is 33.4 Å². The maximum Gasteiger partial charge on any atom is 0.0998 e. The van der Waals surface area contributed by atoms with E-state index in [1.54, 1.807) is 0 Å². The van der Waals surface area contributed by atoms with Crippen LogP contribution in [-0.2, 0) is 0 Å². The van der Waals surface area contributed by atoms with E-state index in [-0.39, 0.29) is 0 Å². The van der Waals surface area contributed by atoms with E-state index in [1.807, 2.05) is 98.8 Å².